The first-order valence-corrected chi connectivity index (χ1v) is 5.52. The van der Waals surface area contributed by atoms with Crippen molar-refractivity contribution >= 4 is 5.69 Å². The second kappa shape index (κ2) is 5.71. The molecule has 0 saturated heterocycles. The molecule has 3 nitrogen and oxygen atoms in total. The largest absolute Gasteiger partial charge is 0.382 e. The third-order valence-electron chi connectivity index (χ3n) is 2.53. The van der Waals surface area contributed by atoms with E-state index in [4.69, 9.17) is 5.73 Å². The van der Waals surface area contributed by atoms with Gasteiger partial charge in [-0.1, -0.05) is 13.8 Å². The number of nitrogens with two attached hydrogens (primary N) is 1. The highest BCUT2D eigenvalue weighted by molar-refractivity contribution is 5.43. The lowest BCUT2D eigenvalue weighted by Crippen LogP contribution is -2.28. The molecule has 0 fully saturated rings. The molecule has 0 saturated carbocycles. The summed E-state index contributed by atoms with van der Waals surface area (Å²) < 4.78 is 0. The molecular weight excluding hydrogens is 186 g/mol. The van der Waals surface area contributed by atoms with Crippen LogP contribution in [-0.4, -0.2) is 17.6 Å². The molecule has 1 rings (SSSR count). The first-order chi connectivity index (χ1) is 7.13. The second-order valence-corrected chi connectivity index (χ2v) is 4.26. The van der Waals surface area contributed by atoms with E-state index in [1.54, 1.807) is 0 Å². The zero-order chi connectivity index (χ0) is 11.3. The molecule has 0 aromatic carbocycles. The number of hydrogen-bond donors (Lipinski definition) is 2. The van der Waals surface area contributed by atoms with E-state index in [0.717, 1.165) is 24.3 Å². The Labute approximate surface area is 92.1 Å². The molecule has 1 aromatic rings. The van der Waals surface area contributed by atoms with Gasteiger partial charge in [-0.3, -0.25) is 4.98 Å². The minimum atomic E-state index is 0.441. The molecule has 3 heteroatoms. The van der Waals surface area contributed by atoms with Crippen molar-refractivity contribution in [3.05, 3.63) is 24.0 Å². The second-order valence-electron chi connectivity index (χ2n) is 4.26. The minimum Gasteiger partial charge on any atom is -0.382 e. The van der Waals surface area contributed by atoms with E-state index in [1.165, 1.54) is 0 Å². The van der Waals surface area contributed by atoms with Crippen LogP contribution in [0.2, 0.25) is 0 Å². The number of nitrogens with one attached hydrogen (secondary N) is 1. The number of pyridine rings is 1. The Morgan fingerprint density at radius 1 is 1.47 bits per heavy atom. The fourth-order valence-corrected chi connectivity index (χ4v) is 1.60. The van der Waals surface area contributed by atoms with Gasteiger partial charge in [-0.05, 0) is 37.9 Å². The van der Waals surface area contributed by atoms with Gasteiger partial charge in [0.2, 0.25) is 0 Å². The summed E-state index contributed by atoms with van der Waals surface area (Å²) in [5.41, 5.74) is 7.77. The van der Waals surface area contributed by atoms with Crippen LogP contribution < -0.4 is 11.1 Å². The van der Waals surface area contributed by atoms with Crippen LogP contribution in [0.3, 0.4) is 0 Å². The lowest BCUT2D eigenvalue weighted by atomic mass is 10.0. The van der Waals surface area contributed by atoms with E-state index >= 15 is 0 Å². The van der Waals surface area contributed by atoms with Crippen LogP contribution in [0.1, 0.15) is 26.0 Å². The van der Waals surface area contributed by atoms with Crippen molar-refractivity contribution < 1.29 is 0 Å². The molecule has 84 valence electrons. The summed E-state index contributed by atoms with van der Waals surface area (Å²) in [6, 6.07) is 4.50. The molecule has 0 bridgehead atoms. The molecule has 15 heavy (non-hydrogen) atoms. The summed E-state index contributed by atoms with van der Waals surface area (Å²) in [5.74, 6) is 0.585. The maximum atomic E-state index is 5.60. The summed E-state index contributed by atoms with van der Waals surface area (Å²) >= 11 is 0. The molecule has 0 amide bonds. The number of hydrogen-bond acceptors (Lipinski definition) is 3. The van der Waals surface area contributed by atoms with Gasteiger partial charge in [-0.15, -0.1) is 0 Å². The Hall–Kier alpha value is -1.09. The molecular formula is C12H21N3. The molecule has 0 spiro atoms. The van der Waals surface area contributed by atoms with Gasteiger partial charge >= 0.3 is 0 Å². The van der Waals surface area contributed by atoms with Crippen molar-refractivity contribution in [1.82, 2.24) is 4.98 Å². The smallest absolute Gasteiger partial charge is 0.0393 e. The normalized spacial score (nSPS) is 12.9. The number of aromatic nitrogens is 1. The molecule has 0 aliphatic heterocycles. The SMILES string of the molecule is Cc1cc(NC(CCN)C(C)C)ccn1. The zero-order valence-electron chi connectivity index (χ0n) is 9.83. The molecule has 3 N–H and O–H groups in total. The Morgan fingerprint density at radius 2 is 2.20 bits per heavy atom. The van der Waals surface area contributed by atoms with Crippen LogP contribution in [0.5, 0.6) is 0 Å². The summed E-state index contributed by atoms with van der Waals surface area (Å²) in [5, 5.41) is 3.50. The van der Waals surface area contributed by atoms with Crippen molar-refractivity contribution in [2.24, 2.45) is 11.7 Å². The fourth-order valence-electron chi connectivity index (χ4n) is 1.60. The molecule has 0 radical (unpaired) electrons. The van der Waals surface area contributed by atoms with E-state index in [2.05, 4.69) is 30.2 Å². The first kappa shape index (κ1) is 12.0. The topological polar surface area (TPSA) is 50.9 Å². The number of anilines is 1. The molecule has 0 aliphatic rings. The molecule has 1 unspecified atom stereocenters. The van der Waals surface area contributed by atoms with Crippen molar-refractivity contribution in [3.63, 3.8) is 0 Å². The average Bonchev–Trinajstić information content (AvgIpc) is 2.17. The monoisotopic (exact) mass is 207 g/mol. The standard InChI is InChI=1S/C12H21N3/c1-9(2)12(4-6-13)15-11-5-7-14-10(3)8-11/h5,7-9,12H,4,6,13H2,1-3H3,(H,14,15). The van der Waals surface area contributed by atoms with Gasteiger partial charge in [-0.25, -0.2) is 0 Å². The maximum Gasteiger partial charge on any atom is 0.0393 e. The van der Waals surface area contributed by atoms with E-state index in [1.807, 2.05) is 19.2 Å². The highest BCUT2D eigenvalue weighted by Crippen LogP contribution is 2.14. The predicted octanol–water partition coefficient (Wildman–Crippen LogP) is 2.18. The van der Waals surface area contributed by atoms with Crippen LogP contribution in [-0.2, 0) is 0 Å². The van der Waals surface area contributed by atoms with Crippen molar-refractivity contribution in [2.75, 3.05) is 11.9 Å². The summed E-state index contributed by atoms with van der Waals surface area (Å²) in [4.78, 5) is 4.17. The summed E-state index contributed by atoms with van der Waals surface area (Å²) in [6.45, 7) is 7.14. The van der Waals surface area contributed by atoms with Gasteiger partial charge in [0.1, 0.15) is 0 Å². The average molecular weight is 207 g/mol. The molecule has 0 aliphatic carbocycles. The Bertz CT molecular complexity index is 297. The highest BCUT2D eigenvalue weighted by Gasteiger charge is 2.11. The van der Waals surface area contributed by atoms with Crippen LogP contribution >= 0.6 is 0 Å². The van der Waals surface area contributed by atoms with Gasteiger partial charge in [0.05, 0.1) is 0 Å². The summed E-state index contributed by atoms with van der Waals surface area (Å²) in [6.07, 6.45) is 2.83. The number of aryl methyl sites for hydroxylation is 1. The molecule has 1 atom stereocenters. The van der Waals surface area contributed by atoms with Crippen molar-refractivity contribution in [2.45, 2.75) is 33.2 Å². The molecule has 1 aromatic heterocycles. The lowest BCUT2D eigenvalue weighted by molar-refractivity contribution is 0.499. The van der Waals surface area contributed by atoms with Crippen LogP contribution in [0.4, 0.5) is 5.69 Å². The highest BCUT2D eigenvalue weighted by atomic mass is 14.9. The van der Waals surface area contributed by atoms with Crippen LogP contribution in [0.25, 0.3) is 0 Å². The Kier molecular flexibility index (Phi) is 4.56. The quantitative estimate of drug-likeness (QED) is 0.778. The Balaban J connectivity index is 2.65. The Morgan fingerprint density at radius 3 is 2.73 bits per heavy atom. The van der Waals surface area contributed by atoms with Gasteiger partial charge in [0, 0.05) is 23.6 Å². The minimum absolute atomic E-state index is 0.441. The van der Waals surface area contributed by atoms with E-state index in [-0.39, 0.29) is 0 Å². The first-order valence-electron chi connectivity index (χ1n) is 5.52. The van der Waals surface area contributed by atoms with E-state index in [0.29, 0.717) is 12.0 Å². The predicted molar refractivity (Wildman–Crippen MR) is 64.9 cm³/mol. The van der Waals surface area contributed by atoms with Gasteiger partial charge in [-0.2, -0.15) is 0 Å². The van der Waals surface area contributed by atoms with Crippen molar-refractivity contribution in [3.8, 4) is 0 Å². The summed E-state index contributed by atoms with van der Waals surface area (Å²) in [7, 11) is 0. The van der Waals surface area contributed by atoms with Gasteiger partial charge < -0.3 is 11.1 Å². The number of nitrogens with zero attached hydrogens (tertiary/aromatic N) is 1. The van der Waals surface area contributed by atoms with E-state index in [9.17, 15) is 0 Å². The fraction of sp³-hybridized carbons (Fsp3) is 0.583. The third-order valence-corrected chi connectivity index (χ3v) is 2.53. The zero-order valence-corrected chi connectivity index (χ0v) is 9.83. The van der Waals surface area contributed by atoms with Crippen LogP contribution in [0, 0.1) is 12.8 Å². The van der Waals surface area contributed by atoms with Gasteiger partial charge in [0.25, 0.3) is 0 Å². The van der Waals surface area contributed by atoms with Crippen LogP contribution in [0.15, 0.2) is 18.3 Å². The molecule has 1 heterocycles. The van der Waals surface area contributed by atoms with Crippen molar-refractivity contribution in [1.29, 1.82) is 0 Å². The maximum absolute atomic E-state index is 5.60. The van der Waals surface area contributed by atoms with E-state index < -0.39 is 0 Å². The van der Waals surface area contributed by atoms with Gasteiger partial charge in [0.15, 0.2) is 0 Å². The number of rotatable bonds is 5. The third kappa shape index (κ3) is 3.88. The lowest BCUT2D eigenvalue weighted by Gasteiger charge is -2.23.